The van der Waals surface area contributed by atoms with Crippen LogP contribution in [0.5, 0.6) is 0 Å². The summed E-state index contributed by atoms with van der Waals surface area (Å²) in [6.45, 7) is 3.77. The SMILES string of the molecule is CC(Nc1ncc(-c2ccccc2)s1)C(=O)N1CCC2(CC1)CC2. The van der Waals surface area contributed by atoms with Gasteiger partial charge < -0.3 is 10.2 Å². The van der Waals surface area contributed by atoms with Crippen molar-refractivity contribution in [1.29, 1.82) is 0 Å². The summed E-state index contributed by atoms with van der Waals surface area (Å²) in [4.78, 5) is 20.2. The Balaban J connectivity index is 1.36. The molecule has 1 aliphatic carbocycles. The van der Waals surface area contributed by atoms with Gasteiger partial charge >= 0.3 is 0 Å². The zero-order valence-corrected chi connectivity index (χ0v) is 14.8. The summed E-state index contributed by atoms with van der Waals surface area (Å²) in [5.74, 6) is 0.196. The van der Waals surface area contributed by atoms with Gasteiger partial charge in [0.2, 0.25) is 5.91 Å². The second kappa shape index (κ2) is 6.20. The number of anilines is 1. The summed E-state index contributed by atoms with van der Waals surface area (Å²) < 4.78 is 0. The Kier molecular flexibility index (Phi) is 4.04. The van der Waals surface area contributed by atoms with Gasteiger partial charge in [0, 0.05) is 19.3 Å². The fourth-order valence-corrected chi connectivity index (χ4v) is 4.38. The number of hydrogen-bond donors (Lipinski definition) is 1. The first kappa shape index (κ1) is 15.6. The van der Waals surface area contributed by atoms with Crippen molar-refractivity contribution >= 4 is 22.4 Å². The minimum absolute atomic E-state index is 0.196. The average Bonchev–Trinajstić information content (AvgIpc) is 3.20. The molecule has 1 saturated carbocycles. The third kappa shape index (κ3) is 3.18. The van der Waals surface area contributed by atoms with E-state index in [-0.39, 0.29) is 11.9 Å². The van der Waals surface area contributed by atoms with Gasteiger partial charge in [0.25, 0.3) is 0 Å². The normalized spacial score (nSPS) is 20.0. The fourth-order valence-electron chi connectivity index (χ4n) is 3.48. The quantitative estimate of drug-likeness (QED) is 0.914. The van der Waals surface area contributed by atoms with Gasteiger partial charge in [0.05, 0.1) is 4.88 Å². The van der Waals surface area contributed by atoms with E-state index in [1.165, 1.54) is 25.7 Å². The van der Waals surface area contributed by atoms with E-state index in [0.717, 1.165) is 28.7 Å². The summed E-state index contributed by atoms with van der Waals surface area (Å²) in [6, 6.07) is 9.98. The third-order valence-electron chi connectivity index (χ3n) is 5.37. The molecule has 1 unspecified atom stereocenters. The second-order valence-corrected chi connectivity index (χ2v) is 8.12. The van der Waals surface area contributed by atoms with Crippen LogP contribution in [0, 0.1) is 5.41 Å². The maximum Gasteiger partial charge on any atom is 0.244 e. The van der Waals surface area contributed by atoms with Crippen LogP contribution in [0.15, 0.2) is 36.5 Å². The molecule has 5 heteroatoms. The number of thiazole rings is 1. The standard InChI is InChI=1S/C19H23N3OS/c1-14(17(23)22-11-9-19(7-8-19)10-12-22)21-18-20-13-16(24-18)15-5-3-2-4-6-15/h2-6,13-14H,7-12H2,1H3,(H,20,21). The van der Waals surface area contributed by atoms with Gasteiger partial charge in [-0.25, -0.2) is 4.98 Å². The van der Waals surface area contributed by atoms with Crippen molar-refractivity contribution in [2.24, 2.45) is 5.41 Å². The summed E-state index contributed by atoms with van der Waals surface area (Å²) in [6.07, 6.45) is 6.97. The molecule has 1 atom stereocenters. The van der Waals surface area contributed by atoms with Crippen LogP contribution in [0.3, 0.4) is 0 Å². The molecule has 0 bridgehead atoms. The molecular formula is C19H23N3OS. The van der Waals surface area contributed by atoms with Crippen LogP contribution < -0.4 is 5.32 Å². The first-order valence-corrected chi connectivity index (χ1v) is 9.54. The minimum atomic E-state index is -0.229. The van der Waals surface area contributed by atoms with Gasteiger partial charge in [-0.1, -0.05) is 41.7 Å². The topological polar surface area (TPSA) is 45.2 Å². The second-order valence-electron chi connectivity index (χ2n) is 7.09. The van der Waals surface area contributed by atoms with Crippen molar-refractivity contribution < 1.29 is 4.79 Å². The van der Waals surface area contributed by atoms with Crippen molar-refractivity contribution in [3.8, 4) is 10.4 Å². The van der Waals surface area contributed by atoms with Crippen LogP contribution in [0.4, 0.5) is 5.13 Å². The lowest BCUT2D eigenvalue weighted by molar-refractivity contribution is -0.133. The number of benzene rings is 1. The van der Waals surface area contributed by atoms with Crippen molar-refractivity contribution in [2.75, 3.05) is 18.4 Å². The highest BCUT2D eigenvalue weighted by atomic mass is 32.1. The van der Waals surface area contributed by atoms with Crippen LogP contribution >= 0.6 is 11.3 Å². The van der Waals surface area contributed by atoms with Gasteiger partial charge in [0.15, 0.2) is 5.13 Å². The van der Waals surface area contributed by atoms with Crippen LogP contribution in [0.25, 0.3) is 10.4 Å². The summed E-state index contributed by atoms with van der Waals surface area (Å²) in [7, 11) is 0. The highest BCUT2D eigenvalue weighted by Crippen LogP contribution is 2.53. The van der Waals surface area contributed by atoms with Crippen molar-refractivity contribution in [1.82, 2.24) is 9.88 Å². The highest BCUT2D eigenvalue weighted by molar-refractivity contribution is 7.18. The summed E-state index contributed by atoms with van der Waals surface area (Å²) in [5, 5.41) is 4.09. The van der Waals surface area contributed by atoms with E-state index in [1.54, 1.807) is 11.3 Å². The Morgan fingerprint density at radius 1 is 1.21 bits per heavy atom. The number of hydrogen-bond acceptors (Lipinski definition) is 4. The number of rotatable bonds is 4. The Labute approximate surface area is 146 Å². The highest BCUT2D eigenvalue weighted by Gasteiger charge is 2.45. The molecule has 4 rings (SSSR count). The van der Waals surface area contributed by atoms with Crippen LogP contribution in [0.1, 0.15) is 32.6 Å². The molecule has 2 aliphatic rings. The number of piperidine rings is 1. The third-order valence-corrected chi connectivity index (χ3v) is 6.34. The van der Waals surface area contributed by atoms with E-state index in [4.69, 9.17) is 0 Å². The van der Waals surface area contributed by atoms with E-state index in [2.05, 4.69) is 22.4 Å². The zero-order chi connectivity index (χ0) is 16.6. The Morgan fingerprint density at radius 2 is 1.92 bits per heavy atom. The number of carbonyl (C=O) groups excluding carboxylic acids is 1. The molecular weight excluding hydrogens is 318 g/mol. The summed E-state index contributed by atoms with van der Waals surface area (Å²) in [5.41, 5.74) is 1.76. The van der Waals surface area contributed by atoms with E-state index < -0.39 is 0 Å². The van der Waals surface area contributed by atoms with Gasteiger partial charge in [-0.3, -0.25) is 4.79 Å². The number of nitrogens with zero attached hydrogens (tertiary/aromatic N) is 2. The number of carbonyl (C=O) groups is 1. The average molecular weight is 341 g/mol. The molecule has 2 fully saturated rings. The van der Waals surface area contributed by atoms with E-state index >= 15 is 0 Å². The maximum absolute atomic E-state index is 12.7. The van der Waals surface area contributed by atoms with Gasteiger partial charge in [-0.2, -0.15) is 0 Å². The molecule has 1 amide bonds. The molecule has 126 valence electrons. The molecule has 1 aliphatic heterocycles. The smallest absolute Gasteiger partial charge is 0.244 e. The van der Waals surface area contributed by atoms with Gasteiger partial charge in [-0.15, -0.1) is 0 Å². The lowest BCUT2D eigenvalue weighted by Gasteiger charge is -2.33. The fraction of sp³-hybridized carbons (Fsp3) is 0.474. The van der Waals surface area contributed by atoms with Crippen LogP contribution in [0.2, 0.25) is 0 Å². The predicted octanol–water partition coefficient (Wildman–Crippen LogP) is 4.01. The molecule has 2 aromatic rings. The lowest BCUT2D eigenvalue weighted by Crippen LogP contribution is -2.45. The molecule has 0 radical (unpaired) electrons. The molecule has 24 heavy (non-hydrogen) atoms. The van der Waals surface area contributed by atoms with E-state index in [9.17, 15) is 4.79 Å². The Bertz CT molecular complexity index is 713. The largest absolute Gasteiger partial charge is 0.350 e. The van der Waals surface area contributed by atoms with E-state index in [0.29, 0.717) is 5.41 Å². The lowest BCUT2D eigenvalue weighted by atomic mass is 9.93. The molecule has 1 saturated heterocycles. The molecule has 1 spiro atoms. The molecule has 1 aromatic heterocycles. The number of nitrogens with one attached hydrogen (secondary N) is 1. The first-order chi connectivity index (χ1) is 11.7. The van der Waals surface area contributed by atoms with Crippen molar-refractivity contribution in [2.45, 2.75) is 38.6 Å². The number of likely N-dealkylation sites (tertiary alicyclic amines) is 1. The van der Waals surface area contributed by atoms with Crippen molar-refractivity contribution in [3.05, 3.63) is 36.5 Å². The monoisotopic (exact) mass is 341 g/mol. The van der Waals surface area contributed by atoms with Crippen LogP contribution in [-0.2, 0) is 4.79 Å². The Morgan fingerprint density at radius 3 is 2.58 bits per heavy atom. The summed E-state index contributed by atoms with van der Waals surface area (Å²) >= 11 is 1.60. The zero-order valence-electron chi connectivity index (χ0n) is 14.0. The van der Waals surface area contributed by atoms with E-state index in [1.807, 2.05) is 36.2 Å². The van der Waals surface area contributed by atoms with Gasteiger partial charge in [0.1, 0.15) is 6.04 Å². The predicted molar refractivity (Wildman–Crippen MR) is 98.1 cm³/mol. The number of amides is 1. The van der Waals surface area contributed by atoms with Crippen LogP contribution in [-0.4, -0.2) is 34.9 Å². The van der Waals surface area contributed by atoms with Crippen molar-refractivity contribution in [3.63, 3.8) is 0 Å². The molecule has 1 N–H and O–H groups in total. The first-order valence-electron chi connectivity index (χ1n) is 8.72. The minimum Gasteiger partial charge on any atom is -0.350 e. The maximum atomic E-state index is 12.7. The Hall–Kier alpha value is -1.88. The number of aromatic nitrogens is 1. The molecule has 4 nitrogen and oxygen atoms in total. The van der Waals surface area contributed by atoms with Gasteiger partial charge in [-0.05, 0) is 43.6 Å². The molecule has 2 heterocycles. The molecule has 1 aromatic carbocycles.